The van der Waals surface area contributed by atoms with Crippen molar-refractivity contribution in [1.82, 2.24) is 0 Å². The lowest BCUT2D eigenvalue weighted by Crippen LogP contribution is -2.22. The molecule has 0 bridgehead atoms. The zero-order valence-corrected chi connectivity index (χ0v) is 12.1. The Morgan fingerprint density at radius 1 is 0.737 bits per heavy atom. The monoisotopic (exact) mass is 254 g/mol. The second-order valence-corrected chi connectivity index (χ2v) is 5.77. The minimum absolute atomic E-state index is 0.112. The predicted molar refractivity (Wildman–Crippen MR) is 83.3 cm³/mol. The Bertz CT molecular complexity index is 559. The van der Waals surface area contributed by atoms with Crippen LogP contribution in [0.5, 0.6) is 0 Å². The third-order valence-corrected chi connectivity index (χ3v) is 3.87. The highest BCUT2D eigenvalue weighted by molar-refractivity contribution is 5.55. The van der Waals surface area contributed by atoms with E-state index in [9.17, 15) is 0 Å². The molecule has 0 saturated heterocycles. The smallest absolute Gasteiger partial charge is 0.0317 e. The molecule has 2 aromatic rings. The average Bonchev–Trinajstić information content (AvgIpc) is 2.35. The summed E-state index contributed by atoms with van der Waals surface area (Å²) in [6, 6.07) is 12.2. The molecule has 2 heteroatoms. The molecule has 0 aliphatic carbocycles. The van der Waals surface area contributed by atoms with E-state index in [1.165, 1.54) is 22.3 Å². The van der Waals surface area contributed by atoms with Crippen molar-refractivity contribution < 1.29 is 0 Å². The van der Waals surface area contributed by atoms with Gasteiger partial charge in [0.05, 0.1) is 0 Å². The number of hydrogen-bond donors (Lipinski definition) is 2. The molecule has 0 heterocycles. The Kier molecular flexibility index (Phi) is 3.27. The third kappa shape index (κ3) is 2.43. The van der Waals surface area contributed by atoms with E-state index in [1.807, 2.05) is 12.1 Å². The second kappa shape index (κ2) is 4.61. The molecule has 0 spiro atoms. The van der Waals surface area contributed by atoms with Crippen LogP contribution < -0.4 is 11.5 Å². The fourth-order valence-electron chi connectivity index (χ4n) is 2.77. The first-order valence-electron chi connectivity index (χ1n) is 6.55. The van der Waals surface area contributed by atoms with E-state index in [0.29, 0.717) is 0 Å². The molecule has 2 nitrogen and oxygen atoms in total. The van der Waals surface area contributed by atoms with Gasteiger partial charge in [0.1, 0.15) is 0 Å². The summed E-state index contributed by atoms with van der Waals surface area (Å²) in [5, 5.41) is 0. The second-order valence-electron chi connectivity index (χ2n) is 5.77. The molecular formula is C17H22N2. The van der Waals surface area contributed by atoms with Gasteiger partial charge in [0.25, 0.3) is 0 Å². The minimum Gasteiger partial charge on any atom is -0.399 e. The molecule has 2 aromatic carbocycles. The van der Waals surface area contributed by atoms with Crippen LogP contribution >= 0.6 is 0 Å². The van der Waals surface area contributed by atoms with Crippen molar-refractivity contribution in [2.24, 2.45) is 0 Å². The Morgan fingerprint density at radius 2 is 1.11 bits per heavy atom. The van der Waals surface area contributed by atoms with Gasteiger partial charge in [-0.1, -0.05) is 26.0 Å². The predicted octanol–water partition coefficient (Wildman–Crippen LogP) is 3.79. The quantitative estimate of drug-likeness (QED) is 0.801. The molecular weight excluding hydrogens is 232 g/mol. The Labute approximate surface area is 115 Å². The van der Waals surface area contributed by atoms with Crippen molar-refractivity contribution in [2.75, 3.05) is 11.5 Å². The van der Waals surface area contributed by atoms with Gasteiger partial charge in [-0.15, -0.1) is 0 Å². The van der Waals surface area contributed by atoms with Gasteiger partial charge in [0.15, 0.2) is 0 Å². The molecule has 19 heavy (non-hydrogen) atoms. The number of nitrogen functional groups attached to an aromatic ring is 2. The summed E-state index contributed by atoms with van der Waals surface area (Å²) >= 11 is 0. The Morgan fingerprint density at radius 3 is 1.47 bits per heavy atom. The summed E-state index contributed by atoms with van der Waals surface area (Å²) in [6.07, 6.45) is 0. The van der Waals surface area contributed by atoms with Gasteiger partial charge in [-0.05, 0) is 60.4 Å². The first kappa shape index (κ1) is 13.5. The standard InChI is InChI=1S/C17H22N2/c1-11-5-7-13(18)9-15(11)17(3,4)16-10-14(19)8-6-12(16)2/h5-10H,18-19H2,1-4H3. The lowest BCUT2D eigenvalue weighted by atomic mass is 9.74. The fourth-order valence-corrected chi connectivity index (χ4v) is 2.77. The van der Waals surface area contributed by atoms with Crippen LogP contribution in [0.15, 0.2) is 36.4 Å². The molecule has 0 radical (unpaired) electrons. The molecule has 0 aliphatic rings. The maximum atomic E-state index is 5.95. The van der Waals surface area contributed by atoms with Gasteiger partial charge in [-0.3, -0.25) is 0 Å². The summed E-state index contributed by atoms with van der Waals surface area (Å²) in [4.78, 5) is 0. The molecule has 0 unspecified atom stereocenters. The normalized spacial score (nSPS) is 11.6. The van der Waals surface area contributed by atoms with Gasteiger partial charge >= 0.3 is 0 Å². The molecule has 0 atom stereocenters. The van der Waals surface area contributed by atoms with Crippen LogP contribution in [0.2, 0.25) is 0 Å². The van der Waals surface area contributed by atoms with E-state index in [0.717, 1.165) is 11.4 Å². The van der Waals surface area contributed by atoms with E-state index >= 15 is 0 Å². The van der Waals surface area contributed by atoms with Crippen molar-refractivity contribution in [3.05, 3.63) is 58.7 Å². The van der Waals surface area contributed by atoms with E-state index in [4.69, 9.17) is 11.5 Å². The maximum Gasteiger partial charge on any atom is 0.0317 e. The molecule has 0 aliphatic heterocycles. The molecule has 4 N–H and O–H groups in total. The van der Waals surface area contributed by atoms with Gasteiger partial charge in [0, 0.05) is 16.8 Å². The van der Waals surface area contributed by atoms with E-state index < -0.39 is 0 Å². The van der Waals surface area contributed by atoms with Crippen molar-refractivity contribution in [3.63, 3.8) is 0 Å². The summed E-state index contributed by atoms with van der Waals surface area (Å²) in [5.74, 6) is 0. The highest BCUT2D eigenvalue weighted by atomic mass is 14.6. The molecule has 100 valence electrons. The largest absolute Gasteiger partial charge is 0.399 e. The Hall–Kier alpha value is -1.96. The van der Waals surface area contributed by atoms with Gasteiger partial charge in [0.2, 0.25) is 0 Å². The van der Waals surface area contributed by atoms with Crippen molar-refractivity contribution in [2.45, 2.75) is 33.1 Å². The van der Waals surface area contributed by atoms with E-state index in [2.05, 4.69) is 52.0 Å². The maximum absolute atomic E-state index is 5.95. The number of nitrogens with two attached hydrogens (primary N) is 2. The topological polar surface area (TPSA) is 52.0 Å². The SMILES string of the molecule is Cc1ccc(N)cc1C(C)(C)c1cc(N)ccc1C. The summed E-state index contributed by atoms with van der Waals surface area (Å²) in [7, 11) is 0. The highest BCUT2D eigenvalue weighted by Crippen LogP contribution is 2.37. The third-order valence-electron chi connectivity index (χ3n) is 3.87. The van der Waals surface area contributed by atoms with E-state index in [1.54, 1.807) is 0 Å². The molecule has 0 saturated carbocycles. The van der Waals surface area contributed by atoms with Crippen LogP contribution in [0.25, 0.3) is 0 Å². The first-order valence-corrected chi connectivity index (χ1v) is 6.55. The van der Waals surface area contributed by atoms with Crippen LogP contribution in [0, 0.1) is 13.8 Å². The van der Waals surface area contributed by atoms with Crippen molar-refractivity contribution in [3.8, 4) is 0 Å². The fraction of sp³-hybridized carbons (Fsp3) is 0.294. The van der Waals surface area contributed by atoms with Gasteiger partial charge in [-0.25, -0.2) is 0 Å². The summed E-state index contributed by atoms with van der Waals surface area (Å²) in [6.45, 7) is 8.68. The lowest BCUT2D eigenvalue weighted by molar-refractivity contribution is 0.632. The lowest BCUT2D eigenvalue weighted by Gasteiger charge is -2.30. The number of aryl methyl sites for hydroxylation is 2. The van der Waals surface area contributed by atoms with Crippen LogP contribution in [-0.4, -0.2) is 0 Å². The Balaban J connectivity index is 2.64. The highest BCUT2D eigenvalue weighted by Gasteiger charge is 2.26. The van der Waals surface area contributed by atoms with Crippen LogP contribution in [0.3, 0.4) is 0 Å². The number of hydrogen-bond acceptors (Lipinski definition) is 2. The minimum atomic E-state index is -0.112. The number of benzene rings is 2. The van der Waals surface area contributed by atoms with E-state index in [-0.39, 0.29) is 5.41 Å². The van der Waals surface area contributed by atoms with Gasteiger partial charge < -0.3 is 11.5 Å². The first-order chi connectivity index (χ1) is 8.82. The molecule has 2 rings (SSSR count). The average molecular weight is 254 g/mol. The van der Waals surface area contributed by atoms with Gasteiger partial charge in [-0.2, -0.15) is 0 Å². The van der Waals surface area contributed by atoms with Crippen LogP contribution in [0.1, 0.15) is 36.1 Å². The number of rotatable bonds is 2. The van der Waals surface area contributed by atoms with Crippen molar-refractivity contribution >= 4 is 11.4 Å². The van der Waals surface area contributed by atoms with Crippen LogP contribution in [-0.2, 0) is 5.41 Å². The summed E-state index contributed by atoms with van der Waals surface area (Å²) < 4.78 is 0. The van der Waals surface area contributed by atoms with Crippen LogP contribution in [0.4, 0.5) is 11.4 Å². The molecule has 0 aromatic heterocycles. The zero-order chi connectivity index (χ0) is 14.2. The van der Waals surface area contributed by atoms with Crippen molar-refractivity contribution in [1.29, 1.82) is 0 Å². The molecule has 0 fully saturated rings. The summed E-state index contributed by atoms with van der Waals surface area (Å²) in [5.41, 5.74) is 18.4. The molecule has 0 amide bonds. The number of anilines is 2. The zero-order valence-electron chi connectivity index (χ0n) is 12.1.